The quantitative estimate of drug-likeness (QED) is 0.888. The van der Waals surface area contributed by atoms with Gasteiger partial charge in [0.15, 0.2) is 0 Å². The van der Waals surface area contributed by atoms with E-state index in [1.165, 1.54) is 6.07 Å². The number of halogens is 1. The van der Waals surface area contributed by atoms with Gasteiger partial charge in [0, 0.05) is 26.6 Å². The monoisotopic (exact) mass is 335 g/mol. The van der Waals surface area contributed by atoms with Gasteiger partial charge in [0.05, 0.1) is 6.54 Å². The molecule has 1 fully saturated rings. The van der Waals surface area contributed by atoms with E-state index >= 15 is 0 Å². The highest BCUT2D eigenvalue weighted by Crippen LogP contribution is 2.18. The average Bonchev–Trinajstić information content (AvgIpc) is 2.56. The van der Waals surface area contributed by atoms with Crippen molar-refractivity contribution in [2.24, 2.45) is 5.92 Å². The fourth-order valence-electron chi connectivity index (χ4n) is 2.91. The summed E-state index contributed by atoms with van der Waals surface area (Å²) >= 11 is 0. The van der Waals surface area contributed by atoms with E-state index in [2.05, 4.69) is 10.2 Å². The number of nitrogens with zero attached hydrogens (tertiary/aromatic N) is 2. The van der Waals surface area contributed by atoms with E-state index in [9.17, 15) is 14.0 Å². The van der Waals surface area contributed by atoms with Crippen LogP contribution in [-0.4, -0.2) is 55.3 Å². The molecule has 0 spiro atoms. The van der Waals surface area contributed by atoms with Gasteiger partial charge in [0.1, 0.15) is 5.82 Å². The Hall–Kier alpha value is -1.95. The van der Waals surface area contributed by atoms with Gasteiger partial charge in [0.2, 0.25) is 11.8 Å². The van der Waals surface area contributed by atoms with Crippen LogP contribution in [0.5, 0.6) is 0 Å². The molecule has 1 aliphatic heterocycles. The number of piperidine rings is 1. The first-order valence-corrected chi connectivity index (χ1v) is 8.32. The number of hydrogen-bond acceptors (Lipinski definition) is 3. The molecular weight excluding hydrogens is 309 g/mol. The first kappa shape index (κ1) is 18.4. The predicted octanol–water partition coefficient (Wildman–Crippen LogP) is 1.55. The third-order valence-corrected chi connectivity index (χ3v) is 4.47. The molecule has 1 aliphatic rings. The van der Waals surface area contributed by atoms with E-state index in [1.54, 1.807) is 32.0 Å². The molecule has 1 aromatic carbocycles. The van der Waals surface area contributed by atoms with Crippen molar-refractivity contribution in [1.29, 1.82) is 0 Å². The van der Waals surface area contributed by atoms with Gasteiger partial charge in [-0.25, -0.2) is 4.39 Å². The van der Waals surface area contributed by atoms with Crippen LogP contribution in [0.15, 0.2) is 18.2 Å². The number of aryl methyl sites for hydroxylation is 1. The Morgan fingerprint density at radius 1 is 1.29 bits per heavy atom. The molecule has 0 aromatic heterocycles. The molecule has 2 amide bonds. The molecule has 1 N–H and O–H groups in total. The summed E-state index contributed by atoms with van der Waals surface area (Å²) in [5, 5.41) is 2.82. The summed E-state index contributed by atoms with van der Waals surface area (Å²) in [5.41, 5.74) is 1.35. The Kier molecular flexibility index (Phi) is 6.31. The van der Waals surface area contributed by atoms with Crippen molar-refractivity contribution in [1.82, 2.24) is 15.1 Å². The fourth-order valence-corrected chi connectivity index (χ4v) is 2.91. The number of rotatable bonds is 5. The number of carbonyl (C=O) groups is 2. The number of benzene rings is 1. The minimum Gasteiger partial charge on any atom is -0.351 e. The van der Waals surface area contributed by atoms with Crippen molar-refractivity contribution in [3.63, 3.8) is 0 Å². The minimum atomic E-state index is -0.255. The average molecular weight is 335 g/mol. The van der Waals surface area contributed by atoms with Crippen molar-refractivity contribution in [3.05, 3.63) is 35.1 Å². The van der Waals surface area contributed by atoms with Crippen LogP contribution in [0.4, 0.5) is 4.39 Å². The van der Waals surface area contributed by atoms with Gasteiger partial charge in [-0.1, -0.05) is 12.1 Å². The van der Waals surface area contributed by atoms with Crippen LogP contribution in [0.1, 0.15) is 24.0 Å². The van der Waals surface area contributed by atoms with E-state index in [0.29, 0.717) is 18.7 Å². The lowest BCUT2D eigenvalue weighted by molar-refractivity contribution is -0.134. The van der Waals surface area contributed by atoms with Gasteiger partial charge < -0.3 is 10.2 Å². The maximum Gasteiger partial charge on any atom is 0.234 e. The highest BCUT2D eigenvalue weighted by molar-refractivity contribution is 5.79. The van der Waals surface area contributed by atoms with Crippen LogP contribution < -0.4 is 5.32 Å². The third kappa shape index (κ3) is 5.03. The van der Waals surface area contributed by atoms with Gasteiger partial charge in [-0.05, 0) is 50.0 Å². The summed E-state index contributed by atoms with van der Waals surface area (Å²) < 4.78 is 13.5. The summed E-state index contributed by atoms with van der Waals surface area (Å²) in [5.74, 6) is -0.0990. The molecule has 0 bridgehead atoms. The number of amides is 2. The summed E-state index contributed by atoms with van der Waals surface area (Å²) in [6.45, 7) is 3.85. The van der Waals surface area contributed by atoms with Gasteiger partial charge in [-0.2, -0.15) is 0 Å². The zero-order chi connectivity index (χ0) is 17.7. The predicted molar refractivity (Wildman–Crippen MR) is 90.8 cm³/mol. The van der Waals surface area contributed by atoms with Crippen LogP contribution in [0.25, 0.3) is 0 Å². The highest BCUT2D eigenvalue weighted by Gasteiger charge is 2.26. The first-order valence-electron chi connectivity index (χ1n) is 8.32. The first-order chi connectivity index (χ1) is 11.4. The molecule has 24 heavy (non-hydrogen) atoms. The number of hydrogen-bond donors (Lipinski definition) is 1. The number of nitrogens with one attached hydrogen (secondary N) is 1. The Morgan fingerprint density at radius 2 is 1.96 bits per heavy atom. The molecule has 1 heterocycles. The second-order valence-electron chi connectivity index (χ2n) is 6.64. The highest BCUT2D eigenvalue weighted by atomic mass is 19.1. The van der Waals surface area contributed by atoms with Crippen molar-refractivity contribution in [3.8, 4) is 0 Å². The van der Waals surface area contributed by atoms with Crippen molar-refractivity contribution >= 4 is 11.8 Å². The van der Waals surface area contributed by atoms with E-state index < -0.39 is 0 Å². The lowest BCUT2D eigenvalue weighted by atomic mass is 9.95. The molecule has 0 aliphatic carbocycles. The normalized spacial score (nSPS) is 16.0. The molecule has 0 radical (unpaired) electrons. The maximum absolute atomic E-state index is 13.5. The molecular formula is C18H26FN3O2. The molecule has 0 saturated carbocycles. The fraction of sp³-hybridized carbons (Fsp3) is 0.556. The van der Waals surface area contributed by atoms with Gasteiger partial charge in [-0.15, -0.1) is 0 Å². The van der Waals surface area contributed by atoms with Crippen molar-refractivity contribution in [2.45, 2.75) is 26.3 Å². The number of likely N-dealkylation sites (tertiary alicyclic amines) is 1. The van der Waals surface area contributed by atoms with Gasteiger partial charge in [0.25, 0.3) is 0 Å². The molecule has 0 unspecified atom stereocenters. The van der Waals surface area contributed by atoms with Crippen molar-refractivity contribution < 1.29 is 14.0 Å². The van der Waals surface area contributed by atoms with Crippen LogP contribution in [0.2, 0.25) is 0 Å². The van der Waals surface area contributed by atoms with Gasteiger partial charge >= 0.3 is 0 Å². The zero-order valence-electron chi connectivity index (χ0n) is 14.6. The molecule has 6 heteroatoms. The zero-order valence-corrected chi connectivity index (χ0v) is 14.6. The Labute approximate surface area is 142 Å². The Bertz CT molecular complexity index is 596. The Balaban J connectivity index is 1.73. The second-order valence-corrected chi connectivity index (χ2v) is 6.64. The van der Waals surface area contributed by atoms with Crippen molar-refractivity contribution in [2.75, 3.05) is 33.7 Å². The van der Waals surface area contributed by atoms with E-state index in [-0.39, 0.29) is 23.5 Å². The minimum absolute atomic E-state index is 0.0647. The SMILES string of the molecule is Cc1ccc(CNC(=O)CN2CCC(C(=O)N(C)C)CC2)cc1F. The summed E-state index contributed by atoms with van der Waals surface area (Å²) in [7, 11) is 3.55. The van der Waals surface area contributed by atoms with Crippen LogP contribution in [-0.2, 0) is 16.1 Å². The summed E-state index contributed by atoms with van der Waals surface area (Å²) in [6.07, 6.45) is 1.57. The lowest BCUT2D eigenvalue weighted by Crippen LogP contribution is -2.44. The van der Waals surface area contributed by atoms with Crippen LogP contribution in [0.3, 0.4) is 0 Å². The van der Waals surface area contributed by atoms with Crippen LogP contribution in [0, 0.1) is 18.7 Å². The maximum atomic E-state index is 13.5. The third-order valence-electron chi connectivity index (χ3n) is 4.47. The molecule has 1 aromatic rings. The van der Waals surface area contributed by atoms with E-state index in [0.717, 1.165) is 31.5 Å². The Morgan fingerprint density at radius 3 is 2.54 bits per heavy atom. The molecule has 2 rings (SSSR count). The smallest absolute Gasteiger partial charge is 0.234 e. The largest absolute Gasteiger partial charge is 0.351 e. The van der Waals surface area contributed by atoms with Crippen LogP contribution >= 0.6 is 0 Å². The lowest BCUT2D eigenvalue weighted by Gasteiger charge is -2.31. The topological polar surface area (TPSA) is 52.7 Å². The van der Waals surface area contributed by atoms with E-state index in [1.807, 2.05) is 6.07 Å². The number of carbonyl (C=O) groups excluding carboxylic acids is 2. The molecule has 1 saturated heterocycles. The molecule has 0 atom stereocenters. The summed E-state index contributed by atoms with van der Waals surface area (Å²) in [4.78, 5) is 27.7. The second kappa shape index (κ2) is 8.24. The van der Waals surface area contributed by atoms with E-state index in [4.69, 9.17) is 0 Å². The molecule has 132 valence electrons. The molecule has 5 nitrogen and oxygen atoms in total. The standard InChI is InChI=1S/C18H26FN3O2/c1-13-4-5-14(10-16(13)19)11-20-17(23)12-22-8-6-15(7-9-22)18(24)21(2)3/h4-5,10,15H,6-9,11-12H2,1-3H3,(H,20,23). The summed E-state index contributed by atoms with van der Waals surface area (Å²) in [6, 6.07) is 4.98. The van der Waals surface area contributed by atoms with Gasteiger partial charge in [-0.3, -0.25) is 14.5 Å².